The van der Waals surface area contributed by atoms with E-state index >= 15 is 0 Å². The molecule has 2 unspecified atom stereocenters. The minimum absolute atomic E-state index is 0.00756. The van der Waals surface area contributed by atoms with Gasteiger partial charge in [0.1, 0.15) is 5.82 Å². The van der Waals surface area contributed by atoms with Gasteiger partial charge in [-0.15, -0.1) is 5.10 Å². The number of anilines is 2. The first-order valence-electron chi connectivity index (χ1n) is 11.1. The van der Waals surface area contributed by atoms with E-state index in [1.54, 1.807) is 36.4 Å². The van der Waals surface area contributed by atoms with Crippen LogP contribution in [0.3, 0.4) is 0 Å². The van der Waals surface area contributed by atoms with Gasteiger partial charge < -0.3 is 19.8 Å². The second-order valence-electron chi connectivity index (χ2n) is 8.22. The van der Waals surface area contributed by atoms with Crippen molar-refractivity contribution in [2.24, 2.45) is 0 Å². The second kappa shape index (κ2) is 10.5. The minimum atomic E-state index is -0.563. The maximum Gasteiger partial charge on any atom is 0.315 e. The Morgan fingerprint density at radius 1 is 1.09 bits per heavy atom. The van der Waals surface area contributed by atoms with Crippen LogP contribution in [0.15, 0.2) is 52.9 Å². The quantitative estimate of drug-likeness (QED) is 0.497. The Kier molecular flexibility index (Phi) is 7.31. The average Bonchev–Trinajstić information content (AvgIpc) is 3.26. The van der Waals surface area contributed by atoms with Gasteiger partial charge in [-0.1, -0.05) is 17.2 Å². The summed E-state index contributed by atoms with van der Waals surface area (Å²) in [5, 5.41) is 14.0. The van der Waals surface area contributed by atoms with Gasteiger partial charge in [-0.2, -0.15) is 0 Å². The molecule has 0 spiro atoms. The Hall–Kier alpha value is -3.30. The lowest BCUT2D eigenvalue weighted by Gasteiger charge is -2.35. The van der Waals surface area contributed by atoms with E-state index in [9.17, 15) is 9.18 Å². The molecule has 1 aliphatic heterocycles. The van der Waals surface area contributed by atoms with Gasteiger partial charge in [0.25, 0.3) is 5.91 Å². The topological polar surface area (TPSA) is 92.5 Å². The number of morpholine rings is 1. The van der Waals surface area contributed by atoms with Crippen molar-refractivity contribution in [2.45, 2.75) is 32.5 Å². The molecular formula is C24H28FN5O3. The van der Waals surface area contributed by atoms with Gasteiger partial charge in [0.2, 0.25) is 5.89 Å². The number of nitrogens with zero attached hydrogens (tertiary/aromatic N) is 3. The first-order chi connectivity index (χ1) is 16.0. The smallest absolute Gasteiger partial charge is 0.315 e. The molecule has 174 valence electrons. The van der Waals surface area contributed by atoms with Crippen molar-refractivity contribution in [1.82, 2.24) is 15.1 Å². The van der Waals surface area contributed by atoms with Crippen LogP contribution in [0.25, 0.3) is 11.5 Å². The highest BCUT2D eigenvalue weighted by molar-refractivity contribution is 6.04. The molecule has 0 radical (unpaired) electrons. The molecule has 1 saturated heterocycles. The molecule has 1 aliphatic rings. The van der Waals surface area contributed by atoms with Crippen molar-refractivity contribution in [3.8, 4) is 11.5 Å². The summed E-state index contributed by atoms with van der Waals surface area (Å²) in [5.74, 6) is -0.696. The van der Waals surface area contributed by atoms with Gasteiger partial charge in [-0.3, -0.25) is 9.69 Å². The normalized spacial score (nSPS) is 18.8. The van der Waals surface area contributed by atoms with Crippen molar-refractivity contribution in [1.29, 1.82) is 0 Å². The van der Waals surface area contributed by atoms with Crippen LogP contribution >= 0.6 is 0 Å². The van der Waals surface area contributed by atoms with Gasteiger partial charge in [-0.25, -0.2) is 4.39 Å². The van der Waals surface area contributed by atoms with Crippen LogP contribution in [0.1, 0.15) is 30.6 Å². The van der Waals surface area contributed by atoms with Crippen LogP contribution in [0.5, 0.6) is 0 Å². The van der Waals surface area contributed by atoms with Gasteiger partial charge >= 0.3 is 6.01 Å². The summed E-state index contributed by atoms with van der Waals surface area (Å²) in [6, 6.07) is 13.1. The molecular weight excluding hydrogens is 425 g/mol. The number of amides is 1. The number of carbonyl (C=O) groups is 1. The fraction of sp³-hybridized carbons (Fsp3) is 0.375. The Labute approximate surface area is 192 Å². The molecule has 0 saturated carbocycles. The van der Waals surface area contributed by atoms with E-state index in [0.717, 1.165) is 38.2 Å². The molecule has 3 aromatic rings. The maximum atomic E-state index is 13.8. The zero-order valence-electron chi connectivity index (χ0n) is 18.8. The summed E-state index contributed by atoms with van der Waals surface area (Å²) < 4.78 is 25.2. The monoisotopic (exact) mass is 453 g/mol. The summed E-state index contributed by atoms with van der Waals surface area (Å²) in [6.45, 7) is 7.81. The largest absolute Gasteiger partial charge is 0.403 e. The lowest BCUT2D eigenvalue weighted by atomic mass is 10.1. The van der Waals surface area contributed by atoms with E-state index in [2.05, 4.69) is 39.6 Å². The number of nitrogens with one attached hydrogen (secondary N) is 2. The molecule has 2 aromatic carbocycles. The van der Waals surface area contributed by atoms with E-state index in [4.69, 9.17) is 9.15 Å². The van der Waals surface area contributed by atoms with Crippen LogP contribution in [-0.4, -0.2) is 59.4 Å². The molecule has 0 bridgehead atoms. The second-order valence-corrected chi connectivity index (χ2v) is 8.22. The number of benzene rings is 2. The predicted octanol–water partition coefficient (Wildman–Crippen LogP) is 4.04. The third kappa shape index (κ3) is 6.15. The summed E-state index contributed by atoms with van der Waals surface area (Å²) in [6.07, 6.45) is 1.48. The summed E-state index contributed by atoms with van der Waals surface area (Å²) in [4.78, 5) is 14.7. The fourth-order valence-corrected chi connectivity index (χ4v) is 3.92. The van der Waals surface area contributed by atoms with Crippen LogP contribution in [0.2, 0.25) is 0 Å². The van der Waals surface area contributed by atoms with Gasteiger partial charge in [0.15, 0.2) is 0 Å². The van der Waals surface area contributed by atoms with E-state index in [1.807, 2.05) is 0 Å². The van der Waals surface area contributed by atoms with Gasteiger partial charge in [0.05, 0.1) is 17.8 Å². The van der Waals surface area contributed by atoms with Crippen LogP contribution in [-0.2, 0) is 4.74 Å². The molecule has 1 amide bonds. The van der Waals surface area contributed by atoms with Gasteiger partial charge in [-0.05, 0) is 56.7 Å². The highest BCUT2D eigenvalue weighted by atomic mass is 19.1. The van der Waals surface area contributed by atoms with E-state index in [0.29, 0.717) is 17.6 Å². The average molecular weight is 454 g/mol. The number of rotatable bonds is 8. The highest BCUT2D eigenvalue weighted by Crippen LogP contribution is 2.22. The Morgan fingerprint density at radius 3 is 2.55 bits per heavy atom. The molecule has 4 rings (SSSR count). The lowest BCUT2D eigenvalue weighted by molar-refractivity contribution is -0.0678. The molecule has 1 fully saturated rings. The number of carbonyl (C=O) groups excluding carboxylic acids is 1. The number of hydrogen-bond acceptors (Lipinski definition) is 7. The van der Waals surface area contributed by atoms with Crippen LogP contribution in [0.4, 0.5) is 16.1 Å². The molecule has 2 heterocycles. The Balaban J connectivity index is 1.26. The highest BCUT2D eigenvalue weighted by Gasteiger charge is 2.21. The number of halogens is 1. The fourth-order valence-electron chi connectivity index (χ4n) is 3.92. The Morgan fingerprint density at radius 2 is 1.82 bits per heavy atom. The number of ether oxygens (including phenoxy) is 1. The van der Waals surface area contributed by atoms with Gasteiger partial charge in [0, 0.05) is 37.4 Å². The SMILES string of the molecule is CC1CN(CCCNc2nnc(-c3ccc(NC(=O)c4ccccc4F)cc3)o2)CC(C)O1. The molecule has 33 heavy (non-hydrogen) atoms. The molecule has 2 atom stereocenters. The molecule has 0 aliphatic carbocycles. The standard InChI is InChI=1S/C24H28FN5O3/c1-16-14-30(15-17(2)32-16)13-5-12-26-24-29-28-23(33-24)18-8-10-19(11-9-18)27-22(31)20-6-3-4-7-21(20)25/h3-4,6-11,16-17H,5,12-15H2,1-2H3,(H,26,29)(H,27,31). The van der Waals surface area contributed by atoms with Crippen molar-refractivity contribution in [3.63, 3.8) is 0 Å². The van der Waals surface area contributed by atoms with Crippen molar-refractivity contribution < 1.29 is 18.3 Å². The van der Waals surface area contributed by atoms with Crippen molar-refractivity contribution >= 4 is 17.6 Å². The molecule has 2 N–H and O–H groups in total. The molecule has 1 aromatic heterocycles. The number of hydrogen-bond donors (Lipinski definition) is 2. The summed E-state index contributed by atoms with van der Waals surface area (Å²) in [7, 11) is 0. The van der Waals surface area contributed by atoms with E-state index in [-0.39, 0.29) is 17.8 Å². The van der Waals surface area contributed by atoms with E-state index < -0.39 is 11.7 Å². The summed E-state index contributed by atoms with van der Waals surface area (Å²) >= 11 is 0. The first kappa shape index (κ1) is 22.9. The third-order valence-electron chi connectivity index (χ3n) is 5.36. The molecule has 8 nitrogen and oxygen atoms in total. The first-order valence-corrected chi connectivity index (χ1v) is 11.1. The molecule has 9 heteroatoms. The van der Waals surface area contributed by atoms with Crippen LogP contribution in [0, 0.1) is 5.82 Å². The Bertz CT molecular complexity index is 1060. The maximum absolute atomic E-state index is 13.8. The zero-order valence-corrected chi connectivity index (χ0v) is 18.8. The lowest BCUT2D eigenvalue weighted by Crippen LogP contribution is -2.45. The predicted molar refractivity (Wildman–Crippen MR) is 124 cm³/mol. The summed E-state index contributed by atoms with van der Waals surface area (Å²) in [5.41, 5.74) is 1.25. The van der Waals surface area contributed by atoms with Crippen molar-refractivity contribution in [2.75, 3.05) is 36.8 Å². The number of aromatic nitrogens is 2. The minimum Gasteiger partial charge on any atom is -0.403 e. The third-order valence-corrected chi connectivity index (χ3v) is 5.36. The van der Waals surface area contributed by atoms with Crippen molar-refractivity contribution in [3.05, 3.63) is 59.9 Å². The van der Waals surface area contributed by atoms with Crippen LogP contribution < -0.4 is 10.6 Å². The van der Waals surface area contributed by atoms with E-state index in [1.165, 1.54) is 12.1 Å². The zero-order chi connectivity index (χ0) is 23.2.